The van der Waals surface area contributed by atoms with Crippen molar-refractivity contribution in [3.63, 3.8) is 0 Å². The first kappa shape index (κ1) is 11.7. The van der Waals surface area contributed by atoms with Crippen LogP contribution in [0.2, 0.25) is 0 Å². The monoisotopic (exact) mass is 198 g/mol. The highest BCUT2D eigenvalue weighted by Gasteiger charge is 2.16. The van der Waals surface area contributed by atoms with Gasteiger partial charge in [0.1, 0.15) is 12.2 Å². The Bertz CT molecular complexity index is 148. The summed E-state index contributed by atoms with van der Waals surface area (Å²) < 4.78 is 0. The van der Waals surface area contributed by atoms with E-state index < -0.39 is 0 Å². The zero-order valence-corrected chi connectivity index (χ0v) is 9.37. The second kappa shape index (κ2) is 7.02. The zero-order chi connectivity index (χ0) is 10.2. The Balaban J connectivity index is 2.18. The van der Waals surface area contributed by atoms with E-state index in [1.54, 1.807) is 0 Å². The highest BCUT2D eigenvalue weighted by atomic mass is 17.2. The third kappa shape index (κ3) is 4.25. The van der Waals surface area contributed by atoms with Crippen LogP contribution in [0.5, 0.6) is 0 Å². The fraction of sp³-hybridized carbons (Fsp3) is 0.833. The van der Waals surface area contributed by atoms with Crippen LogP contribution < -0.4 is 0 Å². The van der Waals surface area contributed by atoms with Gasteiger partial charge in [0.15, 0.2) is 0 Å². The average molecular weight is 198 g/mol. The Labute approximate surface area is 87.2 Å². The van der Waals surface area contributed by atoms with Gasteiger partial charge in [0.05, 0.1) is 0 Å². The van der Waals surface area contributed by atoms with Gasteiger partial charge in [-0.2, -0.15) is 0 Å². The SMILES string of the molecule is CCCCC1C=CC(CCCC)OO1. The summed E-state index contributed by atoms with van der Waals surface area (Å²) in [4.78, 5) is 10.6. The Morgan fingerprint density at radius 1 is 0.857 bits per heavy atom. The molecule has 0 saturated carbocycles. The van der Waals surface area contributed by atoms with Crippen LogP contribution in [-0.2, 0) is 9.78 Å². The van der Waals surface area contributed by atoms with E-state index in [4.69, 9.17) is 9.78 Å². The Hall–Kier alpha value is -0.340. The van der Waals surface area contributed by atoms with E-state index in [0.29, 0.717) is 0 Å². The van der Waals surface area contributed by atoms with Crippen molar-refractivity contribution >= 4 is 0 Å². The first-order valence-corrected chi connectivity index (χ1v) is 5.87. The third-order valence-electron chi connectivity index (χ3n) is 2.53. The van der Waals surface area contributed by atoms with Crippen molar-refractivity contribution in [2.24, 2.45) is 0 Å². The van der Waals surface area contributed by atoms with Gasteiger partial charge in [-0.1, -0.05) is 51.7 Å². The maximum atomic E-state index is 5.30. The molecule has 0 aromatic carbocycles. The van der Waals surface area contributed by atoms with Crippen molar-refractivity contribution in [3.05, 3.63) is 12.2 Å². The Morgan fingerprint density at radius 3 is 1.57 bits per heavy atom. The van der Waals surface area contributed by atoms with E-state index >= 15 is 0 Å². The summed E-state index contributed by atoms with van der Waals surface area (Å²) in [7, 11) is 0. The van der Waals surface area contributed by atoms with Crippen LogP contribution in [0.25, 0.3) is 0 Å². The molecule has 1 heterocycles. The van der Waals surface area contributed by atoms with Crippen molar-refractivity contribution in [2.45, 2.75) is 64.6 Å². The first-order chi connectivity index (χ1) is 6.86. The van der Waals surface area contributed by atoms with Gasteiger partial charge in [-0.15, -0.1) is 0 Å². The summed E-state index contributed by atoms with van der Waals surface area (Å²) in [6.45, 7) is 4.38. The zero-order valence-electron chi connectivity index (χ0n) is 9.37. The van der Waals surface area contributed by atoms with Gasteiger partial charge >= 0.3 is 0 Å². The standard InChI is InChI=1S/C12H22O2/c1-3-5-7-11-9-10-12(14-13-11)8-6-4-2/h9-12H,3-8H2,1-2H3. The summed E-state index contributed by atoms with van der Waals surface area (Å²) >= 11 is 0. The summed E-state index contributed by atoms with van der Waals surface area (Å²) in [5, 5.41) is 0. The van der Waals surface area contributed by atoms with Gasteiger partial charge in [0.2, 0.25) is 0 Å². The van der Waals surface area contributed by atoms with Gasteiger partial charge in [-0.05, 0) is 12.8 Å². The topological polar surface area (TPSA) is 18.5 Å². The summed E-state index contributed by atoms with van der Waals surface area (Å²) in [5.74, 6) is 0. The summed E-state index contributed by atoms with van der Waals surface area (Å²) in [5.41, 5.74) is 0. The van der Waals surface area contributed by atoms with E-state index in [2.05, 4.69) is 26.0 Å². The quantitative estimate of drug-likeness (QED) is 0.479. The molecule has 82 valence electrons. The molecular formula is C12H22O2. The molecule has 0 aromatic rings. The maximum absolute atomic E-state index is 5.30. The lowest BCUT2D eigenvalue weighted by Gasteiger charge is -2.22. The van der Waals surface area contributed by atoms with Crippen LogP contribution in [-0.4, -0.2) is 12.2 Å². The third-order valence-corrected chi connectivity index (χ3v) is 2.53. The fourth-order valence-corrected chi connectivity index (χ4v) is 1.55. The molecule has 2 unspecified atom stereocenters. The molecule has 1 rings (SSSR count). The van der Waals surface area contributed by atoms with Crippen molar-refractivity contribution < 1.29 is 9.78 Å². The second-order valence-electron chi connectivity index (χ2n) is 3.94. The molecule has 0 radical (unpaired) electrons. The lowest BCUT2D eigenvalue weighted by atomic mass is 10.1. The molecule has 0 saturated heterocycles. The number of hydrogen-bond donors (Lipinski definition) is 0. The number of hydrogen-bond acceptors (Lipinski definition) is 2. The molecule has 0 aliphatic carbocycles. The smallest absolute Gasteiger partial charge is 0.111 e. The van der Waals surface area contributed by atoms with Gasteiger partial charge in [0.25, 0.3) is 0 Å². The van der Waals surface area contributed by atoms with Crippen molar-refractivity contribution in [3.8, 4) is 0 Å². The summed E-state index contributed by atoms with van der Waals surface area (Å²) in [6.07, 6.45) is 11.7. The molecule has 0 aromatic heterocycles. The molecule has 2 nitrogen and oxygen atoms in total. The minimum absolute atomic E-state index is 0.188. The molecule has 0 N–H and O–H groups in total. The molecular weight excluding hydrogens is 176 g/mol. The minimum Gasteiger partial charge on any atom is -0.229 e. The highest BCUT2D eigenvalue weighted by molar-refractivity contribution is 4.96. The predicted molar refractivity (Wildman–Crippen MR) is 57.9 cm³/mol. The molecule has 0 spiro atoms. The van der Waals surface area contributed by atoms with E-state index in [0.717, 1.165) is 12.8 Å². The Morgan fingerprint density at radius 2 is 1.29 bits per heavy atom. The van der Waals surface area contributed by atoms with Crippen LogP contribution in [0.4, 0.5) is 0 Å². The molecule has 2 atom stereocenters. The van der Waals surface area contributed by atoms with Gasteiger partial charge in [-0.3, -0.25) is 0 Å². The van der Waals surface area contributed by atoms with Crippen LogP contribution in [0.1, 0.15) is 52.4 Å². The first-order valence-electron chi connectivity index (χ1n) is 5.87. The minimum atomic E-state index is 0.188. The molecule has 0 fully saturated rings. The van der Waals surface area contributed by atoms with E-state index in [1.807, 2.05) is 0 Å². The fourth-order valence-electron chi connectivity index (χ4n) is 1.55. The maximum Gasteiger partial charge on any atom is 0.111 e. The molecule has 14 heavy (non-hydrogen) atoms. The number of unbranched alkanes of at least 4 members (excludes halogenated alkanes) is 2. The van der Waals surface area contributed by atoms with Crippen molar-refractivity contribution in [2.75, 3.05) is 0 Å². The predicted octanol–water partition coefficient (Wildman–Crippen LogP) is 3.62. The van der Waals surface area contributed by atoms with Gasteiger partial charge in [0, 0.05) is 0 Å². The van der Waals surface area contributed by atoms with Gasteiger partial charge < -0.3 is 0 Å². The lowest BCUT2D eigenvalue weighted by Crippen LogP contribution is -2.22. The van der Waals surface area contributed by atoms with Crippen molar-refractivity contribution in [1.82, 2.24) is 0 Å². The molecule has 1 aliphatic heterocycles. The average Bonchev–Trinajstić information content (AvgIpc) is 2.25. The Kier molecular flexibility index (Phi) is 5.88. The summed E-state index contributed by atoms with van der Waals surface area (Å²) in [6, 6.07) is 0. The van der Waals surface area contributed by atoms with Crippen LogP contribution in [0.15, 0.2) is 12.2 Å². The lowest BCUT2D eigenvalue weighted by molar-refractivity contribution is -0.341. The molecule has 0 amide bonds. The van der Waals surface area contributed by atoms with Crippen LogP contribution in [0, 0.1) is 0 Å². The van der Waals surface area contributed by atoms with E-state index in [1.165, 1.54) is 25.7 Å². The van der Waals surface area contributed by atoms with Crippen LogP contribution in [0.3, 0.4) is 0 Å². The molecule has 2 heteroatoms. The molecule has 1 aliphatic rings. The van der Waals surface area contributed by atoms with Crippen LogP contribution >= 0.6 is 0 Å². The molecule has 0 bridgehead atoms. The van der Waals surface area contributed by atoms with Gasteiger partial charge in [-0.25, -0.2) is 9.78 Å². The number of rotatable bonds is 6. The van der Waals surface area contributed by atoms with E-state index in [-0.39, 0.29) is 12.2 Å². The normalized spacial score (nSPS) is 26.7. The van der Waals surface area contributed by atoms with E-state index in [9.17, 15) is 0 Å². The van der Waals surface area contributed by atoms with Crippen molar-refractivity contribution in [1.29, 1.82) is 0 Å². The highest BCUT2D eigenvalue weighted by Crippen LogP contribution is 2.17. The second-order valence-corrected chi connectivity index (χ2v) is 3.94. The largest absolute Gasteiger partial charge is 0.229 e.